The van der Waals surface area contributed by atoms with Gasteiger partial charge in [0.25, 0.3) is 0 Å². The number of hydrogen-bond acceptors (Lipinski definition) is 1. The topological polar surface area (TPSA) is 17.0 Å². The van der Waals surface area contributed by atoms with Crippen molar-refractivity contribution in [1.29, 1.82) is 0 Å². The molecule has 0 aliphatic carbocycles. The number of hydrogen-bond donors (Lipinski definition) is 1. The second-order valence-corrected chi connectivity index (χ2v) is 7.19. The van der Waals surface area contributed by atoms with E-state index in [4.69, 9.17) is 0 Å². The molecule has 0 radical (unpaired) electrons. The van der Waals surface area contributed by atoms with Crippen molar-refractivity contribution in [2.24, 2.45) is 0 Å². The fraction of sp³-hybridized carbons (Fsp3) is 0.0370. The maximum atomic E-state index is 4.34. The maximum Gasteiger partial charge on any atom is 0.0628 e. The molecule has 2 heterocycles. The molecule has 0 bridgehead atoms. The van der Waals surface area contributed by atoms with Gasteiger partial charge in [-0.2, -0.15) is 0 Å². The number of fused-ring (bicyclic) bond motifs is 3. The van der Waals surface area contributed by atoms with Crippen molar-refractivity contribution in [1.82, 2.24) is 4.57 Å². The van der Waals surface area contributed by atoms with Crippen molar-refractivity contribution in [2.75, 3.05) is 11.9 Å². The summed E-state index contributed by atoms with van der Waals surface area (Å²) < 4.78 is 2.28. The highest BCUT2D eigenvalue weighted by Gasteiger charge is 2.18. The van der Waals surface area contributed by atoms with E-state index in [0.29, 0.717) is 0 Å². The van der Waals surface area contributed by atoms with Crippen LogP contribution in [0.1, 0.15) is 5.56 Å². The van der Waals surface area contributed by atoms with Gasteiger partial charge in [0, 0.05) is 34.9 Å². The van der Waals surface area contributed by atoms with Crippen LogP contribution in [0.4, 0.5) is 5.69 Å². The minimum atomic E-state index is 0.779. The molecule has 1 aromatic heterocycles. The second kappa shape index (κ2) is 7.33. The highest BCUT2D eigenvalue weighted by atomic mass is 15.0. The zero-order chi connectivity index (χ0) is 19.6. The molecule has 0 unspecified atom stereocenters. The summed E-state index contributed by atoms with van der Waals surface area (Å²) >= 11 is 0. The Labute approximate surface area is 171 Å². The van der Waals surface area contributed by atoms with Gasteiger partial charge in [0.15, 0.2) is 0 Å². The molecular weight excluding hydrogens is 352 g/mol. The number of aromatic nitrogens is 1. The largest absolute Gasteiger partial charge is 0.381 e. The Morgan fingerprint density at radius 2 is 1.59 bits per heavy atom. The van der Waals surface area contributed by atoms with Crippen LogP contribution >= 0.6 is 0 Å². The Bertz CT molecular complexity index is 1240. The van der Waals surface area contributed by atoms with Gasteiger partial charge in [0.1, 0.15) is 0 Å². The second-order valence-electron chi connectivity index (χ2n) is 7.19. The summed E-state index contributed by atoms with van der Waals surface area (Å²) in [6.45, 7) is 5.12. The number of nitrogens with one attached hydrogen (secondary N) is 1. The maximum absolute atomic E-state index is 4.34. The molecule has 1 aliphatic rings. The monoisotopic (exact) mass is 374 g/mol. The highest BCUT2D eigenvalue weighted by molar-refractivity contribution is 6.07. The fourth-order valence-electron chi connectivity index (χ4n) is 3.99. The number of rotatable bonds is 2. The lowest BCUT2D eigenvalue weighted by molar-refractivity contribution is 1.13. The summed E-state index contributed by atoms with van der Waals surface area (Å²) in [6.07, 6.45) is 10.5. The number of allylic oxidation sites excluding steroid dienone is 4. The molecule has 0 atom stereocenters. The van der Waals surface area contributed by atoms with E-state index in [-0.39, 0.29) is 0 Å². The van der Waals surface area contributed by atoms with E-state index >= 15 is 0 Å². The molecule has 140 valence electrons. The molecule has 29 heavy (non-hydrogen) atoms. The average molecular weight is 374 g/mol. The van der Waals surface area contributed by atoms with Crippen molar-refractivity contribution in [2.45, 2.75) is 0 Å². The van der Waals surface area contributed by atoms with Crippen LogP contribution in [-0.4, -0.2) is 11.1 Å². The number of para-hydroxylation sites is 1. The molecule has 0 saturated heterocycles. The lowest BCUT2D eigenvalue weighted by Gasteiger charge is -2.18. The molecule has 3 aromatic carbocycles. The van der Waals surface area contributed by atoms with Crippen molar-refractivity contribution < 1.29 is 0 Å². The Hall–Kier alpha value is -3.78. The molecule has 5 rings (SSSR count). The van der Waals surface area contributed by atoms with Gasteiger partial charge >= 0.3 is 0 Å². The van der Waals surface area contributed by atoms with Crippen molar-refractivity contribution in [3.63, 3.8) is 0 Å². The third kappa shape index (κ3) is 3.09. The molecule has 4 aromatic rings. The lowest BCUT2D eigenvalue weighted by atomic mass is 9.94. The zero-order valence-electron chi connectivity index (χ0n) is 16.2. The van der Waals surface area contributed by atoms with Crippen LogP contribution < -0.4 is 5.32 Å². The van der Waals surface area contributed by atoms with E-state index in [1.165, 1.54) is 22.0 Å². The summed E-state index contributed by atoms with van der Waals surface area (Å²) in [5, 5.41) is 4.82. The van der Waals surface area contributed by atoms with E-state index in [2.05, 4.69) is 120 Å². The van der Waals surface area contributed by atoms with Gasteiger partial charge in [-0.05, 0) is 35.4 Å². The summed E-state index contributed by atoms with van der Waals surface area (Å²) in [7, 11) is 0. The molecule has 2 nitrogen and oxygen atoms in total. The van der Waals surface area contributed by atoms with Crippen LogP contribution in [0.25, 0.3) is 33.3 Å². The van der Waals surface area contributed by atoms with Crippen LogP contribution in [0.15, 0.2) is 110 Å². The SMILES string of the molecule is C=C1/C=C\C=C/CNc2c1cc(-c1ccccc1)c1c2ccn1-c1ccccc1. The van der Waals surface area contributed by atoms with Gasteiger partial charge in [0.2, 0.25) is 0 Å². The summed E-state index contributed by atoms with van der Waals surface area (Å²) in [6, 6.07) is 25.6. The molecular formula is C27H22N2. The minimum absolute atomic E-state index is 0.779. The minimum Gasteiger partial charge on any atom is -0.381 e. The van der Waals surface area contributed by atoms with E-state index in [1.54, 1.807) is 0 Å². The molecule has 1 aliphatic heterocycles. The molecule has 0 fully saturated rings. The van der Waals surface area contributed by atoms with Gasteiger partial charge in [-0.1, -0.05) is 79.4 Å². The van der Waals surface area contributed by atoms with Crippen LogP contribution in [0, 0.1) is 0 Å². The van der Waals surface area contributed by atoms with E-state index in [0.717, 1.165) is 29.1 Å². The highest BCUT2D eigenvalue weighted by Crippen LogP contribution is 2.40. The third-order valence-electron chi connectivity index (χ3n) is 5.38. The Balaban J connectivity index is 1.87. The number of nitrogens with zero attached hydrogens (tertiary/aromatic N) is 1. The predicted molar refractivity (Wildman–Crippen MR) is 125 cm³/mol. The normalized spacial score (nSPS) is 15.7. The molecule has 0 spiro atoms. The van der Waals surface area contributed by atoms with Gasteiger partial charge < -0.3 is 9.88 Å². The Kier molecular flexibility index (Phi) is 4.38. The summed E-state index contributed by atoms with van der Waals surface area (Å²) in [4.78, 5) is 0. The van der Waals surface area contributed by atoms with Gasteiger partial charge in [-0.25, -0.2) is 0 Å². The third-order valence-corrected chi connectivity index (χ3v) is 5.38. The Morgan fingerprint density at radius 1 is 0.828 bits per heavy atom. The summed E-state index contributed by atoms with van der Waals surface area (Å²) in [5.41, 5.74) is 8.04. The van der Waals surface area contributed by atoms with Gasteiger partial charge in [-0.3, -0.25) is 0 Å². The number of anilines is 1. The molecule has 0 amide bonds. The van der Waals surface area contributed by atoms with Crippen molar-refractivity contribution >= 4 is 22.2 Å². The standard InChI is InChI=1S/C27H22N2/c1-20-11-5-4-10-17-28-26-23-16-18-29(22-14-8-3-9-15-22)27(23)25(19-24(20)26)21-12-6-2-7-13-21/h2-16,18-19,28H,1,17H2/b10-4-,11-5-. The first kappa shape index (κ1) is 17.3. The first-order chi connectivity index (χ1) is 14.3. The van der Waals surface area contributed by atoms with E-state index in [9.17, 15) is 0 Å². The average Bonchev–Trinajstić information content (AvgIpc) is 3.24. The predicted octanol–water partition coefficient (Wildman–Crippen LogP) is 6.85. The molecule has 1 N–H and O–H groups in total. The zero-order valence-corrected chi connectivity index (χ0v) is 16.2. The van der Waals surface area contributed by atoms with E-state index in [1.807, 2.05) is 0 Å². The van der Waals surface area contributed by atoms with Gasteiger partial charge in [0.05, 0.1) is 11.2 Å². The van der Waals surface area contributed by atoms with Crippen molar-refractivity contribution in [3.8, 4) is 16.8 Å². The quantitative estimate of drug-likeness (QED) is 0.406. The number of benzene rings is 3. The first-order valence-electron chi connectivity index (χ1n) is 9.88. The van der Waals surface area contributed by atoms with Crippen LogP contribution in [0.5, 0.6) is 0 Å². The van der Waals surface area contributed by atoms with Crippen LogP contribution in [0.3, 0.4) is 0 Å². The van der Waals surface area contributed by atoms with Crippen molar-refractivity contribution in [3.05, 3.63) is 115 Å². The van der Waals surface area contributed by atoms with Gasteiger partial charge in [-0.15, -0.1) is 0 Å². The molecule has 2 heteroatoms. The lowest BCUT2D eigenvalue weighted by Crippen LogP contribution is -2.03. The Morgan fingerprint density at radius 3 is 2.38 bits per heavy atom. The molecule has 0 saturated carbocycles. The fourth-order valence-corrected chi connectivity index (χ4v) is 3.99. The smallest absolute Gasteiger partial charge is 0.0628 e. The van der Waals surface area contributed by atoms with Crippen LogP contribution in [0.2, 0.25) is 0 Å². The summed E-state index contributed by atoms with van der Waals surface area (Å²) in [5.74, 6) is 0. The first-order valence-corrected chi connectivity index (χ1v) is 9.88. The van der Waals surface area contributed by atoms with E-state index < -0.39 is 0 Å². The van der Waals surface area contributed by atoms with Crippen LogP contribution in [-0.2, 0) is 0 Å².